The molecular formula is C13H14F4N4. The highest BCUT2D eigenvalue weighted by atomic mass is 19.4. The van der Waals surface area contributed by atoms with E-state index in [-0.39, 0.29) is 17.1 Å². The maximum absolute atomic E-state index is 13.4. The number of nitrogens with two attached hydrogens (primary N) is 2. The second kappa shape index (κ2) is 5.27. The maximum Gasteiger partial charge on any atom is 0.416 e. The minimum atomic E-state index is -4.65. The van der Waals surface area contributed by atoms with E-state index in [0.29, 0.717) is 18.3 Å². The molecule has 21 heavy (non-hydrogen) atoms. The van der Waals surface area contributed by atoms with E-state index in [1.165, 1.54) is 0 Å². The quantitative estimate of drug-likeness (QED) is 0.676. The molecule has 2 rings (SSSR count). The number of aromatic nitrogens is 2. The number of aryl methyl sites for hydroxylation is 1. The van der Waals surface area contributed by atoms with Crippen LogP contribution in [0.3, 0.4) is 0 Å². The van der Waals surface area contributed by atoms with Crippen LogP contribution in [-0.2, 0) is 12.6 Å². The van der Waals surface area contributed by atoms with Crippen molar-refractivity contribution in [1.82, 2.24) is 9.66 Å². The van der Waals surface area contributed by atoms with Gasteiger partial charge >= 0.3 is 6.18 Å². The molecule has 0 unspecified atom stereocenters. The number of alkyl halides is 3. The SMILES string of the molecule is CCCc1nc(-c2cc(F)cc(C(F)(F)F)c2)c(N)n1N. The molecule has 0 aliphatic heterocycles. The third-order valence-corrected chi connectivity index (χ3v) is 2.99. The van der Waals surface area contributed by atoms with Crippen LogP contribution in [0.25, 0.3) is 11.3 Å². The molecule has 0 fully saturated rings. The van der Waals surface area contributed by atoms with E-state index in [0.717, 1.165) is 23.2 Å². The van der Waals surface area contributed by atoms with Gasteiger partial charge in [-0.1, -0.05) is 6.92 Å². The lowest BCUT2D eigenvalue weighted by atomic mass is 10.1. The van der Waals surface area contributed by atoms with Crippen molar-refractivity contribution in [3.8, 4) is 11.3 Å². The molecule has 0 radical (unpaired) electrons. The number of halogens is 4. The van der Waals surface area contributed by atoms with E-state index in [9.17, 15) is 17.6 Å². The van der Waals surface area contributed by atoms with Crippen LogP contribution >= 0.6 is 0 Å². The number of nitrogen functional groups attached to an aromatic ring is 2. The highest BCUT2D eigenvalue weighted by Crippen LogP contribution is 2.34. The smallest absolute Gasteiger partial charge is 0.382 e. The minimum absolute atomic E-state index is 0.00262. The fourth-order valence-electron chi connectivity index (χ4n) is 2.00. The Hall–Kier alpha value is -2.25. The molecule has 4 nitrogen and oxygen atoms in total. The summed E-state index contributed by atoms with van der Waals surface area (Å²) in [5.74, 6) is 5.12. The lowest BCUT2D eigenvalue weighted by molar-refractivity contribution is -0.137. The summed E-state index contributed by atoms with van der Waals surface area (Å²) in [4.78, 5) is 4.11. The predicted molar refractivity (Wildman–Crippen MR) is 71.2 cm³/mol. The maximum atomic E-state index is 13.4. The Morgan fingerprint density at radius 1 is 1.24 bits per heavy atom. The molecular weight excluding hydrogens is 288 g/mol. The van der Waals surface area contributed by atoms with Gasteiger partial charge in [-0.05, 0) is 24.6 Å². The van der Waals surface area contributed by atoms with Gasteiger partial charge in [0.1, 0.15) is 17.3 Å². The number of anilines is 1. The number of hydrogen-bond donors (Lipinski definition) is 2. The first-order valence-corrected chi connectivity index (χ1v) is 6.24. The Morgan fingerprint density at radius 2 is 1.90 bits per heavy atom. The highest BCUT2D eigenvalue weighted by molar-refractivity contribution is 5.71. The highest BCUT2D eigenvalue weighted by Gasteiger charge is 2.32. The summed E-state index contributed by atoms with van der Waals surface area (Å²) in [6, 6.07) is 2.17. The molecule has 0 aliphatic rings. The van der Waals surface area contributed by atoms with Crippen molar-refractivity contribution in [2.45, 2.75) is 25.9 Å². The van der Waals surface area contributed by atoms with Gasteiger partial charge in [-0.3, -0.25) is 0 Å². The van der Waals surface area contributed by atoms with Gasteiger partial charge in [0, 0.05) is 12.0 Å². The molecule has 1 heterocycles. The van der Waals surface area contributed by atoms with Gasteiger partial charge in [0.15, 0.2) is 5.82 Å². The molecule has 114 valence electrons. The molecule has 0 saturated carbocycles. The number of rotatable bonds is 3. The van der Waals surface area contributed by atoms with E-state index in [2.05, 4.69) is 4.98 Å². The van der Waals surface area contributed by atoms with Gasteiger partial charge in [-0.15, -0.1) is 0 Å². The average Bonchev–Trinajstić information content (AvgIpc) is 2.66. The van der Waals surface area contributed by atoms with E-state index < -0.39 is 17.6 Å². The topological polar surface area (TPSA) is 69.9 Å². The molecule has 0 spiro atoms. The van der Waals surface area contributed by atoms with Crippen molar-refractivity contribution in [3.05, 3.63) is 35.4 Å². The summed E-state index contributed by atoms with van der Waals surface area (Å²) < 4.78 is 52.7. The van der Waals surface area contributed by atoms with Crippen LogP contribution in [0, 0.1) is 5.82 Å². The van der Waals surface area contributed by atoms with Gasteiger partial charge in [-0.2, -0.15) is 13.2 Å². The van der Waals surface area contributed by atoms with Gasteiger partial charge < -0.3 is 11.6 Å². The van der Waals surface area contributed by atoms with Crippen LogP contribution in [0.1, 0.15) is 24.7 Å². The molecule has 0 amide bonds. The Balaban J connectivity index is 2.57. The van der Waals surface area contributed by atoms with Crippen molar-refractivity contribution in [1.29, 1.82) is 0 Å². The number of nitrogens with zero attached hydrogens (tertiary/aromatic N) is 2. The van der Waals surface area contributed by atoms with Crippen molar-refractivity contribution in [2.75, 3.05) is 11.6 Å². The van der Waals surface area contributed by atoms with Crippen molar-refractivity contribution < 1.29 is 17.6 Å². The standard InChI is InChI=1S/C13H14F4N4/c1-2-3-10-20-11(12(18)21(10)19)7-4-8(13(15,16)17)6-9(14)5-7/h4-6H,2-3,18-19H2,1H3. The van der Waals surface area contributed by atoms with Gasteiger partial charge in [-0.25, -0.2) is 14.1 Å². The van der Waals surface area contributed by atoms with Gasteiger partial charge in [0.05, 0.1) is 5.56 Å². The molecule has 1 aromatic carbocycles. The first kappa shape index (κ1) is 15.1. The third-order valence-electron chi connectivity index (χ3n) is 2.99. The first-order chi connectivity index (χ1) is 9.74. The second-order valence-corrected chi connectivity index (χ2v) is 4.61. The summed E-state index contributed by atoms with van der Waals surface area (Å²) >= 11 is 0. The van der Waals surface area contributed by atoms with E-state index in [1.54, 1.807) is 0 Å². The van der Waals surface area contributed by atoms with E-state index in [1.807, 2.05) is 6.92 Å². The Kier molecular flexibility index (Phi) is 3.80. The normalized spacial score (nSPS) is 11.9. The largest absolute Gasteiger partial charge is 0.416 e. The van der Waals surface area contributed by atoms with E-state index >= 15 is 0 Å². The molecule has 0 saturated heterocycles. The zero-order chi connectivity index (χ0) is 15.8. The monoisotopic (exact) mass is 302 g/mol. The Bertz CT molecular complexity index is 661. The predicted octanol–water partition coefficient (Wildman–Crippen LogP) is 2.96. The Morgan fingerprint density at radius 3 is 2.48 bits per heavy atom. The Labute approximate surface area is 118 Å². The summed E-state index contributed by atoms with van der Waals surface area (Å²) in [6.07, 6.45) is -3.39. The van der Waals surface area contributed by atoms with Gasteiger partial charge in [0.2, 0.25) is 0 Å². The summed E-state index contributed by atoms with van der Waals surface area (Å²) in [5.41, 5.74) is 4.64. The molecule has 4 N–H and O–H groups in total. The third kappa shape index (κ3) is 2.93. The fourth-order valence-corrected chi connectivity index (χ4v) is 2.00. The number of imidazole rings is 1. The van der Waals surface area contributed by atoms with Crippen LogP contribution in [0.4, 0.5) is 23.4 Å². The lowest BCUT2D eigenvalue weighted by Gasteiger charge is -2.08. The average molecular weight is 302 g/mol. The van der Waals surface area contributed by atoms with Crippen molar-refractivity contribution >= 4 is 5.82 Å². The summed E-state index contributed by atoms with van der Waals surface area (Å²) in [6.45, 7) is 1.90. The molecule has 0 bridgehead atoms. The van der Waals surface area contributed by atoms with Crippen LogP contribution < -0.4 is 11.6 Å². The lowest BCUT2D eigenvalue weighted by Crippen LogP contribution is -2.15. The molecule has 2 aromatic rings. The minimum Gasteiger partial charge on any atom is -0.382 e. The van der Waals surface area contributed by atoms with E-state index in [4.69, 9.17) is 11.6 Å². The van der Waals surface area contributed by atoms with Gasteiger partial charge in [0.25, 0.3) is 0 Å². The first-order valence-electron chi connectivity index (χ1n) is 6.24. The van der Waals surface area contributed by atoms with Crippen LogP contribution in [0.2, 0.25) is 0 Å². The van der Waals surface area contributed by atoms with Crippen LogP contribution in [-0.4, -0.2) is 9.66 Å². The second-order valence-electron chi connectivity index (χ2n) is 4.61. The number of hydrogen-bond acceptors (Lipinski definition) is 3. The van der Waals surface area contributed by atoms with Crippen LogP contribution in [0.15, 0.2) is 18.2 Å². The summed E-state index contributed by atoms with van der Waals surface area (Å²) in [7, 11) is 0. The van der Waals surface area contributed by atoms with Crippen LogP contribution in [0.5, 0.6) is 0 Å². The molecule has 0 aliphatic carbocycles. The summed E-state index contributed by atoms with van der Waals surface area (Å²) in [5, 5.41) is 0. The molecule has 0 atom stereocenters. The zero-order valence-corrected chi connectivity index (χ0v) is 11.2. The number of benzene rings is 1. The zero-order valence-electron chi connectivity index (χ0n) is 11.2. The fraction of sp³-hybridized carbons (Fsp3) is 0.308. The molecule has 8 heteroatoms. The molecule has 1 aromatic heterocycles. The van der Waals surface area contributed by atoms with Crippen molar-refractivity contribution in [2.24, 2.45) is 0 Å². The van der Waals surface area contributed by atoms with Crippen molar-refractivity contribution in [3.63, 3.8) is 0 Å².